The van der Waals surface area contributed by atoms with Crippen molar-refractivity contribution in [1.82, 2.24) is 5.32 Å². The smallest absolute Gasteiger partial charge is 0.407 e. The first kappa shape index (κ1) is 24.1. The van der Waals surface area contributed by atoms with Crippen LogP contribution in [0, 0.1) is 0 Å². The van der Waals surface area contributed by atoms with Crippen molar-refractivity contribution in [3.63, 3.8) is 0 Å². The van der Waals surface area contributed by atoms with Crippen LogP contribution >= 0.6 is 11.8 Å². The number of ether oxygens (including phenoxy) is 2. The van der Waals surface area contributed by atoms with E-state index in [2.05, 4.69) is 17.4 Å². The van der Waals surface area contributed by atoms with Crippen LogP contribution in [0.2, 0.25) is 0 Å². The molecule has 0 radical (unpaired) electrons. The minimum absolute atomic E-state index is 0.0604. The standard InChI is InChI=1S/C25H31NO5S/c1-25(2,3)31-13-15-32-14-12-22(23(27)28)26-24(29)30-16-21-19-10-6-4-8-17(19)18-9-5-7-11-20(18)21/h4-11,21-22H,12-16H2,1-3H3,(H,26,29)(H,27,28). The molecule has 2 aromatic carbocycles. The molecule has 0 bridgehead atoms. The second-order valence-corrected chi connectivity index (χ2v) is 9.95. The number of carbonyl (C=O) groups excluding carboxylic acids is 1. The number of alkyl carbamates (subject to hydrolysis) is 1. The fraction of sp³-hybridized carbons (Fsp3) is 0.440. The van der Waals surface area contributed by atoms with E-state index in [4.69, 9.17) is 9.47 Å². The Kier molecular flexibility index (Phi) is 8.21. The molecular formula is C25H31NO5S. The van der Waals surface area contributed by atoms with Gasteiger partial charge in [-0.1, -0.05) is 48.5 Å². The van der Waals surface area contributed by atoms with Gasteiger partial charge in [0.05, 0.1) is 12.2 Å². The van der Waals surface area contributed by atoms with Gasteiger partial charge in [-0.25, -0.2) is 9.59 Å². The number of carbonyl (C=O) groups is 2. The Balaban J connectivity index is 1.48. The zero-order valence-corrected chi connectivity index (χ0v) is 19.6. The van der Waals surface area contributed by atoms with E-state index >= 15 is 0 Å². The van der Waals surface area contributed by atoms with Crippen LogP contribution < -0.4 is 5.32 Å². The molecule has 0 heterocycles. The number of fused-ring (bicyclic) bond motifs is 3. The summed E-state index contributed by atoms with van der Waals surface area (Å²) in [5, 5.41) is 12.0. The Morgan fingerprint density at radius 3 is 2.19 bits per heavy atom. The average molecular weight is 458 g/mol. The van der Waals surface area contributed by atoms with E-state index in [-0.39, 0.29) is 18.1 Å². The third-order valence-corrected chi connectivity index (χ3v) is 6.23. The van der Waals surface area contributed by atoms with Crippen molar-refractivity contribution in [3.05, 3.63) is 59.7 Å². The molecule has 2 aromatic rings. The zero-order chi connectivity index (χ0) is 23.1. The van der Waals surface area contributed by atoms with Gasteiger partial charge in [-0.05, 0) is 55.2 Å². The van der Waals surface area contributed by atoms with Gasteiger partial charge in [0.25, 0.3) is 0 Å². The number of aliphatic carboxylic acids is 1. The van der Waals surface area contributed by atoms with Crippen LogP contribution in [-0.4, -0.2) is 53.5 Å². The average Bonchev–Trinajstić information content (AvgIpc) is 3.07. The lowest BCUT2D eigenvalue weighted by atomic mass is 9.98. The molecule has 32 heavy (non-hydrogen) atoms. The summed E-state index contributed by atoms with van der Waals surface area (Å²) in [4.78, 5) is 23.9. The molecule has 1 aliphatic carbocycles. The Labute approximate surface area is 193 Å². The SMILES string of the molecule is CC(C)(C)OCCSCCC(NC(=O)OCC1c2ccccc2-c2ccccc21)C(=O)O. The van der Waals surface area contributed by atoms with E-state index < -0.39 is 18.1 Å². The summed E-state index contributed by atoms with van der Waals surface area (Å²) < 4.78 is 11.1. The number of hydrogen-bond acceptors (Lipinski definition) is 5. The minimum atomic E-state index is -1.06. The summed E-state index contributed by atoms with van der Waals surface area (Å²) in [6.45, 7) is 6.75. The summed E-state index contributed by atoms with van der Waals surface area (Å²) in [5.74, 6) is 0.253. The molecule has 1 unspecified atom stereocenters. The number of amides is 1. The zero-order valence-electron chi connectivity index (χ0n) is 18.8. The molecular weight excluding hydrogens is 426 g/mol. The first-order chi connectivity index (χ1) is 15.3. The van der Waals surface area contributed by atoms with Crippen molar-refractivity contribution >= 4 is 23.8 Å². The van der Waals surface area contributed by atoms with E-state index in [1.165, 1.54) is 0 Å². The molecule has 0 fully saturated rings. The summed E-state index contributed by atoms with van der Waals surface area (Å²) in [7, 11) is 0. The van der Waals surface area contributed by atoms with Crippen LogP contribution in [-0.2, 0) is 14.3 Å². The molecule has 0 aromatic heterocycles. The maximum atomic E-state index is 12.4. The predicted molar refractivity (Wildman–Crippen MR) is 127 cm³/mol. The van der Waals surface area contributed by atoms with Crippen molar-refractivity contribution in [2.24, 2.45) is 0 Å². The number of carboxylic acids is 1. The van der Waals surface area contributed by atoms with E-state index in [9.17, 15) is 14.7 Å². The fourth-order valence-electron chi connectivity index (χ4n) is 3.75. The molecule has 0 saturated carbocycles. The maximum absolute atomic E-state index is 12.4. The third kappa shape index (κ3) is 6.50. The predicted octanol–water partition coefficient (Wildman–Crippen LogP) is 4.92. The van der Waals surface area contributed by atoms with Crippen molar-refractivity contribution in [2.75, 3.05) is 24.7 Å². The molecule has 1 atom stereocenters. The lowest BCUT2D eigenvalue weighted by molar-refractivity contribution is -0.139. The first-order valence-corrected chi connectivity index (χ1v) is 12.0. The van der Waals surface area contributed by atoms with Crippen molar-refractivity contribution in [2.45, 2.75) is 44.8 Å². The monoisotopic (exact) mass is 457 g/mol. The minimum Gasteiger partial charge on any atom is -0.480 e. The van der Waals surface area contributed by atoms with Crippen molar-refractivity contribution < 1.29 is 24.2 Å². The lowest BCUT2D eigenvalue weighted by Gasteiger charge is -2.19. The number of carboxylic acid groups (broad SMARTS) is 1. The largest absolute Gasteiger partial charge is 0.480 e. The molecule has 1 aliphatic rings. The summed E-state index contributed by atoms with van der Waals surface area (Å²) in [6, 6.07) is 15.2. The number of thioether (sulfide) groups is 1. The second-order valence-electron chi connectivity index (χ2n) is 8.72. The van der Waals surface area contributed by atoms with Crippen LogP contribution in [0.25, 0.3) is 11.1 Å². The number of rotatable bonds is 10. The summed E-state index contributed by atoms with van der Waals surface area (Å²) in [5.41, 5.74) is 4.34. The van der Waals surface area contributed by atoms with Crippen LogP contribution in [0.3, 0.4) is 0 Å². The molecule has 7 heteroatoms. The van der Waals surface area contributed by atoms with Crippen LogP contribution in [0.15, 0.2) is 48.5 Å². The Morgan fingerprint density at radius 1 is 1.03 bits per heavy atom. The van der Waals surface area contributed by atoms with E-state index in [0.29, 0.717) is 18.8 Å². The highest BCUT2D eigenvalue weighted by atomic mass is 32.2. The molecule has 172 valence electrons. The van der Waals surface area contributed by atoms with Gasteiger partial charge in [0.15, 0.2) is 0 Å². The third-order valence-electron chi connectivity index (χ3n) is 5.25. The first-order valence-electron chi connectivity index (χ1n) is 10.8. The fourth-order valence-corrected chi connectivity index (χ4v) is 4.56. The van der Waals surface area contributed by atoms with E-state index in [1.54, 1.807) is 11.8 Å². The van der Waals surface area contributed by atoms with Crippen molar-refractivity contribution in [1.29, 1.82) is 0 Å². The molecule has 6 nitrogen and oxygen atoms in total. The number of nitrogens with one attached hydrogen (secondary N) is 1. The molecule has 0 saturated heterocycles. The highest BCUT2D eigenvalue weighted by Gasteiger charge is 2.29. The Morgan fingerprint density at radius 2 is 1.62 bits per heavy atom. The lowest BCUT2D eigenvalue weighted by Crippen LogP contribution is -2.41. The van der Waals surface area contributed by atoms with Gasteiger partial charge in [0, 0.05) is 11.7 Å². The quantitative estimate of drug-likeness (QED) is 0.493. The van der Waals surface area contributed by atoms with Crippen LogP contribution in [0.5, 0.6) is 0 Å². The summed E-state index contributed by atoms with van der Waals surface area (Å²) in [6.07, 6.45) is -0.389. The van der Waals surface area contributed by atoms with Gasteiger partial charge in [0.1, 0.15) is 12.6 Å². The van der Waals surface area contributed by atoms with Gasteiger partial charge in [-0.15, -0.1) is 0 Å². The Bertz CT molecular complexity index is 894. The Hall–Kier alpha value is -2.51. The highest BCUT2D eigenvalue weighted by molar-refractivity contribution is 7.99. The van der Waals surface area contributed by atoms with E-state index in [0.717, 1.165) is 28.0 Å². The normalized spacial score (nSPS) is 13.8. The molecule has 3 rings (SSSR count). The maximum Gasteiger partial charge on any atom is 0.407 e. The summed E-state index contributed by atoms with van der Waals surface area (Å²) >= 11 is 1.60. The van der Waals surface area contributed by atoms with Gasteiger partial charge < -0.3 is 19.9 Å². The van der Waals surface area contributed by atoms with Crippen molar-refractivity contribution in [3.8, 4) is 11.1 Å². The molecule has 0 spiro atoms. The molecule has 1 amide bonds. The van der Waals surface area contributed by atoms with E-state index in [1.807, 2.05) is 57.2 Å². The van der Waals surface area contributed by atoms with Gasteiger partial charge in [-0.2, -0.15) is 11.8 Å². The van der Waals surface area contributed by atoms with Gasteiger partial charge in [0.2, 0.25) is 0 Å². The highest BCUT2D eigenvalue weighted by Crippen LogP contribution is 2.44. The van der Waals surface area contributed by atoms with Crippen LogP contribution in [0.4, 0.5) is 4.79 Å². The number of hydrogen-bond donors (Lipinski definition) is 2. The van der Waals surface area contributed by atoms with Crippen LogP contribution in [0.1, 0.15) is 44.2 Å². The molecule has 2 N–H and O–H groups in total. The van der Waals surface area contributed by atoms with Gasteiger partial charge >= 0.3 is 12.1 Å². The molecule has 0 aliphatic heterocycles. The van der Waals surface area contributed by atoms with Gasteiger partial charge in [-0.3, -0.25) is 0 Å². The topological polar surface area (TPSA) is 84.9 Å². The second kappa shape index (κ2) is 10.9. The number of benzene rings is 2.